The van der Waals surface area contributed by atoms with Crippen LogP contribution >= 0.6 is 0 Å². The van der Waals surface area contributed by atoms with Crippen molar-refractivity contribution in [2.24, 2.45) is 18.4 Å². The number of benzene rings is 2. The average molecular weight is 422 g/mol. The van der Waals surface area contributed by atoms with E-state index in [9.17, 15) is 10.1 Å². The third-order valence-electron chi connectivity index (χ3n) is 7.95. The SMILES string of the molecule is Cn1nc2c(c1-c1ccccc1)CC[C@@]1(C)[C@H](Cc3ccccc3)C(=O)C(C#N)=C[C@]21C. The minimum absolute atomic E-state index is 0.0287. The molecule has 32 heavy (non-hydrogen) atoms. The van der Waals surface area contributed by atoms with Crippen LogP contribution in [0.25, 0.3) is 11.3 Å². The van der Waals surface area contributed by atoms with E-state index >= 15 is 0 Å². The van der Waals surface area contributed by atoms with Gasteiger partial charge in [0.15, 0.2) is 5.78 Å². The lowest BCUT2D eigenvalue weighted by Gasteiger charge is -2.54. The molecule has 1 heterocycles. The number of aryl methyl sites for hydroxylation is 1. The van der Waals surface area contributed by atoms with E-state index < -0.39 is 5.41 Å². The van der Waals surface area contributed by atoms with Crippen LogP contribution in [-0.4, -0.2) is 15.6 Å². The highest BCUT2D eigenvalue weighted by atomic mass is 16.1. The summed E-state index contributed by atoms with van der Waals surface area (Å²) >= 11 is 0. The van der Waals surface area contributed by atoms with Crippen LogP contribution in [0.1, 0.15) is 37.1 Å². The molecule has 0 saturated carbocycles. The molecule has 2 aliphatic carbocycles. The molecule has 0 fully saturated rings. The Morgan fingerprint density at radius 1 is 1.09 bits per heavy atom. The molecule has 3 aromatic rings. The van der Waals surface area contributed by atoms with E-state index in [2.05, 4.69) is 44.2 Å². The first kappa shape index (κ1) is 20.5. The van der Waals surface area contributed by atoms with Gasteiger partial charge in [-0.2, -0.15) is 10.4 Å². The quantitative estimate of drug-likeness (QED) is 0.585. The van der Waals surface area contributed by atoms with Gasteiger partial charge in [-0.1, -0.05) is 73.7 Å². The molecular formula is C28H27N3O. The van der Waals surface area contributed by atoms with Gasteiger partial charge in [0.2, 0.25) is 0 Å². The third kappa shape index (κ3) is 2.81. The highest BCUT2D eigenvalue weighted by Crippen LogP contribution is 2.59. The maximum absolute atomic E-state index is 13.5. The summed E-state index contributed by atoms with van der Waals surface area (Å²) in [5.41, 5.74) is 5.10. The monoisotopic (exact) mass is 421 g/mol. The Labute approximate surface area is 189 Å². The molecule has 160 valence electrons. The largest absolute Gasteiger partial charge is 0.293 e. The maximum Gasteiger partial charge on any atom is 0.177 e. The van der Waals surface area contributed by atoms with Crippen LogP contribution in [0.15, 0.2) is 72.3 Å². The van der Waals surface area contributed by atoms with E-state index in [0.29, 0.717) is 6.42 Å². The summed E-state index contributed by atoms with van der Waals surface area (Å²) in [4.78, 5) is 13.5. The van der Waals surface area contributed by atoms with Crippen molar-refractivity contribution >= 4 is 5.78 Å². The van der Waals surface area contributed by atoms with Gasteiger partial charge in [0, 0.05) is 29.5 Å². The zero-order valence-corrected chi connectivity index (χ0v) is 18.8. The summed E-state index contributed by atoms with van der Waals surface area (Å²) in [7, 11) is 1.99. The van der Waals surface area contributed by atoms with E-state index in [1.807, 2.05) is 54.2 Å². The first-order chi connectivity index (χ1) is 15.4. The van der Waals surface area contributed by atoms with E-state index in [1.165, 1.54) is 5.56 Å². The highest BCUT2D eigenvalue weighted by Gasteiger charge is 2.59. The normalized spacial score (nSPS) is 26.6. The molecule has 4 nitrogen and oxygen atoms in total. The van der Waals surface area contributed by atoms with Crippen molar-refractivity contribution in [3.05, 3.63) is 89.1 Å². The van der Waals surface area contributed by atoms with E-state index in [1.54, 1.807) is 0 Å². The fourth-order valence-electron chi connectivity index (χ4n) is 5.96. The number of carbonyl (C=O) groups excluding carboxylic acids is 1. The molecule has 0 saturated heterocycles. The van der Waals surface area contributed by atoms with Gasteiger partial charge in [-0.05, 0) is 37.2 Å². The zero-order chi connectivity index (χ0) is 22.5. The van der Waals surface area contributed by atoms with Crippen LogP contribution in [0.5, 0.6) is 0 Å². The van der Waals surface area contributed by atoms with E-state index in [-0.39, 0.29) is 22.7 Å². The van der Waals surface area contributed by atoms with Crippen LogP contribution in [0.4, 0.5) is 0 Å². The average Bonchev–Trinajstić information content (AvgIpc) is 3.16. The molecule has 0 aliphatic heterocycles. The molecule has 4 heteroatoms. The Hall–Kier alpha value is -3.45. The number of rotatable bonds is 3. The Morgan fingerprint density at radius 2 is 1.75 bits per heavy atom. The maximum atomic E-state index is 13.5. The number of fused-ring (bicyclic) bond motifs is 3. The second-order valence-corrected chi connectivity index (χ2v) is 9.56. The van der Waals surface area contributed by atoms with Crippen LogP contribution in [-0.2, 0) is 30.1 Å². The molecule has 1 aromatic heterocycles. The third-order valence-corrected chi connectivity index (χ3v) is 7.95. The topological polar surface area (TPSA) is 58.7 Å². The summed E-state index contributed by atoms with van der Waals surface area (Å²) in [5.74, 6) is -0.288. The molecule has 0 bridgehead atoms. The van der Waals surface area contributed by atoms with Crippen molar-refractivity contribution in [2.75, 3.05) is 0 Å². The van der Waals surface area contributed by atoms with Crippen molar-refractivity contribution in [1.82, 2.24) is 9.78 Å². The summed E-state index contributed by atoms with van der Waals surface area (Å²) in [6.45, 7) is 4.40. The predicted molar refractivity (Wildman–Crippen MR) is 125 cm³/mol. The second kappa shape index (κ2) is 7.31. The van der Waals surface area contributed by atoms with Gasteiger partial charge >= 0.3 is 0 Å². The van der Waals surface area contributed by atoms with E-state index in [4.69, 9.17) is 5.10 Å². The number of Topliss-reactive ketones (excluding diaryl/α,β-unsaturated/α-hetero) is 1. The van der Waals surface area contributed by atoms with Crippen LogP contribution in [0, 0.1) is 22.7 Å². The van der Waals surface area contributed by atoms with Crippen molar-refractivity contribution in [2.45, 2.75) is 38.5 Å². The number of ketones is 1. The Bertz CT molecular complexity index is 1270. The number of aromatic nitrogens is 2. The summed E-state index contributed by atoms with van der Waals surface area (Å²) in [6.07, 6.45) is 4.29. The standard InChI is InChI=1S/C28H27N3O/c1-27-15-14-22-24(20-12-8-5-9-13-20)31(3)30-26(22)28(27,2)17-21(18-29)25(32)23(27)16-19-10-6-4-7-11-19/h4-13,17,23H,14-16H2,1-3H3/t23-,27+,28-/m1/s1. The minimum Gasteiger partial charge on any atom is -0.293 e. The molecule has 2 aliphatic rings. The summed E-state index contributed by atoms with van der Waals surface area (Å²) in [5, 5.41) is 14.9. The molecule has 0 N–H and O–H groups in total. The van der Waals surface area contributed by atoms with Crippen molar-refractivity contribution in [3.63, 3.8) is 0 Å². The first-order valence-corrected chi connectivity index (χ1v) is 11.2. The van der Waals surface area contributed by atoms with Gasteiger partial charge < -0.3 is 0 Å². The molecule has 0 spiro atoms. The number of allylic oxidation sites excluding steroid dienone is 2. The number of nitrogens with zero attached hydrogens (tertiary/aromatic N) is 3. The molecule has 0 unspecified atom stereocenters. The van der Waals surface area contributed by atoms with Gasteiger partial charge in [0.1, 0.15) is 6.07 Å². The smallest absolute Gasteiger partial charge is 0.177 e. The van der Waals surface area contributed by atoms with Gasteiger partial charge in [-0.15, -0.1) is 0 Å². The Kier molecular flexibility index (Phi) is 4.67. The summed E-state index contributed by atoms with van der Waals surface area (Å²) < 4.78 is 1.97. The Morgan fingerprint density at radius 3 is 2.41 bits per heavy atom. The fourth-order valence-corrected chi connectivity index (χ4v) is 5.96. The number of hydrogen-bond donors (Lipinski definition) is 0. The first-order valence-electron chi connectivity index (χ1n) is 11.2. The summed E-state index contributed by atoms with van der Waals surface area (Å²) in [6, 6.07) is 22.7. The second-order valence-electron chi connectivity index (χ2n) is 9.56. The zero-order valence-electron chi connectivity index (χ0n) is 18.8. The van der Waals surface area contributed by atoms with Gasteiger partial charge in [-0.3, -0.25) is 9.48 Å². The van der Waals surface area contributed by atoms with Crippen molar-refractivity contribution in [3.8, 4) is 17.3 Å². The number of nitriles is 1. The van der Waals surface area contributed by atoms with E-state index in [0.717, 1.165) is 35.4 Å². The lowest BCUT2D eigenvalue weighted by atomic mass is 9.48. The number of carbonyl (C=O) groups is 1. The van der Waals surface area contributed by atoms with Gasteiger partial charge in [0.05, 0.1) is 17.0 Å². The molecule has 0 radical (unpaired) electrons. The number of hydrogen-bond acceptors (Lipinski definition) is 3. The molecule has 0 amide bonds. The van der Waals surface area contributed by atoms with Gasteiger partial charge in [-0.25, -0.2) is 0 Å². The van der Waals surface area contributed by atoms with Crippen LogP contribution in [0.3, 0.4) is 0 Å². The molecule has 3 atom stereocenters. The Balaban J connectivity index is 1.69. The van der Waals surface area contributed by atoms with Crippen molar-refractivity contribution < 1.29 is 4.79 Å². The lowest BCUT2D eigenvalue weighted by molar-refractivity contribution is -0.126. The molecular weight excluding hydrogens is 394 g/mol. The van der Waals surface area contributed by atoms with Crippen LogP contribution < -0.4 is 0 Å². The fraction of sp³-hybridized carbons (Fsp3) is 0.321. The predicted octanol–water partition coefficient (Wildman–Crippen LogP) is 5.19. The van der Waals surface area contributed by atoms with Crippen molar-refractivity contribution in [1.29, 1.82) is 5.26 Å². The molecule has 5 rings (SSSR count). The molecule has 2 aromatic carbocycles. The van der Waals surface area contributed by atoms with Crippen LogP contribution in [0.2, 0.25) is 0 Å². The minimum atomic E-state index is -0.496. The lowest BCUT2D eigenvalue weighted by Crippen LogP contribution is -2.55. The highest BCUT2D eigenvalue weighted by molar-refractivity contribution is 6.03. The van der Waals surface area contributed by atoms with Gasteiger partial charge in [0.25, 0.3) is 0 Å².